The fraction of sp³-hybridized carbons (Fsp3) is 0.636. The van der Waals surface area contributed by atoms with E-state index in [1.165, 1.54) is 5.56 Å². The quantitative estimate of drug-likeness (QED) is 0.544. The SMILES string of the molecule is CC(CN(C)CCc1cnn(C)c1)C(=N)N. The molecule has 1 aromatic rings. The zero-order chi connectivity index (χ0) is 12.1. The van der Waals surface area contributed by atoms with Gasteiger partial charge in [-0.3, -0.25) is 10.1 Å². The molecule has 1 aromatic heterocycles. The Kier molecular flexibility index (Phi) is 4.49. The van der Waals surface area contributed by atoms with Gasteiger partial charge in [0.15, 0.2) is 0 Å². The first-order valence-corrected chi connectivity index (χ1v) is 5.49. The topological polar surface area (TPSA) is 70.9 Å². The zero-order valence-corrected chi connectivity index (χ0v) is 10.3. The van der Waals surface area contributed by atoms with Crippen LogP contribution in [0.1, 0.15) is 12.5 Å². The fourth-order valence-electron chi connectivity index (χ4n) is 1.58. The zero-order valence-electron chi connectivity index (χ0n) is 10.3. The van der Waals surface area contributed by atoms with E-state index in [1.807, 2.05) is 31.0 Å². The fourth-order valence-corrected chi connectivity index (χ4v) is 1.58. The molecule has 0 radical (unpaired) electrons. The van der Waals surface area contributed by atoms with Crippen LogP contribution in [0.3, 0.4) is 0 Å². The van der Waals surface area contributed by atoms with E-state index in [2.05, 4.69) is 17.0 Å². The van der Waals surface area contributed by atoms with Crippen molar-refractivity contribution in [3.63, 3.8) is 0 Å². The normalized spacial score (nSPS) is 13.0. The Morgan fingerprint density at radius 1 is 1.69 bits per heavy atom. The summed E-state index contributed by atoms with van der Waals surface area (Å²) in [6, 6.07) is 0. The third-order valence-electron chi connectivity index (χ3n) is 2.66. The lowest BCUT2D eigenvalue weighted by Crippen LogP contribution is -2.33. The summed E-state index contributed by atoms with van der Waals surface area (Å²) in [5.74, 6) is 0.382. The molecular weight excluding hydrogens is 202 g/mol. The number of rotatable bonds is 6. The van der Waals surface area contributed by atoms with Crippen molar-refractivity contribution in [3.05, 3.63) is 18.0 Å². The van der Waals surface area contributed by atoms with E-state index in [0.29, 0.717) is 0 Å². The summed E-state index contributed by atoms with van der Waals surface area (Å²) in [7, 11) is 3.97. The van der Waals surface area contributed by atoms with Crippen LogP contribution in [-0.2, 0) is 13.5 Å². The second-order valence-electron chi connectivity index (χ2n) is 4.39. The van der Waals surface area contributed by atoms with Crippen molar-refractivity contribution in [1.29, 1.82) is 5.41 Å². The number of aryl methyl sites for hydroxylation is 1. The summed E-state index contributed by atoms with van der Waals surface area (Å²) < 4.78 is 1.81. The van der Waals surface area contributed by atoms with Crippen LogP contribution in [0.25, 0.3) is 0 Å². The molecule has 1 unspecified atom stereocenters. The monoisotopic (exact) mass is 223 g/mol. The number of nitrogens with two attached hydrogens (primary N) is 1. The van der Waals surface area contributed by atoms with Crippen LogP contribution in [0, 0.1) is 11.3 Å². The Morgan fingerprint density at radius 2 is 2.38 bits per heavy atom. The van der Waals surface area contributed by atoms with Crippen molar-refractivity contribution >= 4 is 5.84 Å². The van der Waals surface area contributed by atoms with Gasteiger partial charge >= 0.3 is 0 Å². The van der Waals surface area contributed by atoms with E-state index < -0.39 is 0 Å². The molecule has 0 aliphatic carbocycles. The highest BCUT2D eigenvalue weighted by atomic mass is 15.2. The number of nitrogens with one attached hydrogen (secondary N) is 1. The second kappa shape index (κ2) is 5.65. The molecule has 0 aliphatic rings. The number of nitrogens with zero attached hydrogens (tertiary/aromatic N) is 3. The van der Waals surface area contributed by atoms with Gasteiger partial charge in [-0.2, -0.15) is 5.10 Å². The van der Waals surface area contributed by atoms with Crippen molar-refractivity contribution in [1.82, 2.24) is 14.7 Å². The predicted octanol–water partition coefficient (Wildman–Crippen LogP) is 0.466. The van der Waals surface area contributed by atoms with E-state index >= 15 is 0 Å². The lowest BCUT2D eigenvalue weighted by Gasteiger charge is -2.20. The molecule has 3 N–H and O–H groups in total. The van der Waals surface area contributed by atoms with Crippen molar-refractivity contribution in [2.75, 3.05) is 20.1 Å². The van der Waals surface area contributed by atoms with Crippen molar-refractivity contribution < 1.29 is 0 Å². The Balaban J connectivity index is 2.30. The van der Waals surface area contributed by atoms with Crippen LogP contribution in [0.4, 0.5) is 0 Å². The van der Waals surface area contributed by atoms with Crippen LogP contribution in [0.2, 0.25) is 0 Å². The average molecular weight is 223 g/mol. The van der Waals surface area contributed by atoms with Gasteiger partial charge in [0.2, 0.25) is 0 Å². The minimum absolute atomic E-state index is 0.124. The summed E-state index contributed by atoms with van der Waals surface area (Å²) in [4.78, 5) is 2.19. The summed E-state index contributed by atoms with van der Waals surface area (Å²) >= 11 is 0. The molecule has 0 aliphatic heterocycles. The van der Waals surface area contributed by atoms with Gasteiger partial charge in [-0.05, 0) is 19.0 Å². The molecule has 0 spiro atoms. The number of likely N-dealkylation sites (N-methyl/N-ethyl adjacent to an activating group) is 1. The van der Waals surface area contributed by atoms with Crippen molar-refractivity contribution in [2.45, 2.75) is 13.3 Å². The third kappa shape index (κ3) is 4.02. The number of aromatic nitrogens is 2. The molecule has 5 heteroatoms. The first kappa shape index (κ1) is 12.7. The Morgan fingerprint density at radius 3 is 2.88 bits per heavy atom. The van der Waals surface area contributed by atoms with Crippen LogP contribution in [0.5, 0.6) is 0 Å². The van der Waals surface area contributed by atoms with Crippen LogP contribution in [-0.4, -0.2) is 40.7 Å². The van der Waals surface area contributed by atoms with Crippen molar-refractivity contribution in [2.24, 2.45) is 18.7 Å². The molecule has 0 aromatic carbocycles. The summed E-state index contributed by atoms with van der Waals surface area (Å²) in [6.07, 6.45) is 4.90. The Hall–Kier alpha value is -1.36. The highest BCUT2D eigenvalue weighted by Gasteiger charge is 2.09. The molecule has 1 heterocycles. The smallest absolute Gasteiger partial charge is 0.0947 e. The minimum Gasteiger partial charge on any atom is -0.387 e. The molecule has 0 fully saturated rings. The summed E-state index contributed by atoms with van der Waals surface area (Å²) in [5.41, 5.74) is 6.68. The minimum atomic E-state index is 0.124. The molecule has 0 bridgehead atoms. The standard InChI is InChI=1S/C11H21N5/c1-9(11(12)13)7-15(2)5-4-10-6-14-16(3)8-10/h6,8-9H,4-5,7H2,1-3H3,(H3,12,13). The highest BCUT2D eigenvalue weighted by Crippen LogP contribution is 2.01. The van der Waals surface area contributed by atoms with Gasteiger partial charge in [0.1, 0.15) is 0 Å². The second-order valence-corrected chi connectivity index (χ2v) is 4.39. The van der Waals surface area contributed by atoms with Gasteiger partial charge in [-0.1, -0.05) is 6.92 Å². The third-order valence-corrected chi connectivity index (χ3v) is 2.66. The molecule has 0 saturated carbocycles. The Bertz CT molecular complexity index is 344. The molecular formula is C11H21N5. The molecule has 90 valence electrons. The van der Waals surface area contributed by atoms with Gasteiger partial charge < -0.3 is 10.6 Å². The van der Waals surface area contributed by atoms with Gasteiger partial charge in [0, 0.05) is 32.3 Å². The molecule has 1 rings (SSSR count). The van der Waals surface area contributed by atoms with Crippen LogP contribution < -0.4 is 5.73 Å². The molecule has 0 amide bonds. The van der Waals surface area contributed by atoms with E-state index in [-0.39, 0.29) is 11.8 Å². The van der Waals surface area contributed by atoms with E-state index in [4.69, 9.17) is 11.1 Å². The first-order chi connectivity index (χ1) is 7.49. The van der Waals surface area contributed by atoms with Crippen molar-refractivity contribution in [3.8, 4) is 0 Å². The van der Waals surface area contributed by atoms with E-state index in [1.54, 1.807) is 0 Å². The number of hydrogen-bond donors (Lipinski definition) is 2. The lowest BCUT2D eigenvalue weighted by molar-refractivity contribution is 0.317. The average Bonchev–Trinajstić information content (AvgIpc) is 2.61. The van der Waals surface area contributed by atoms with Crippen LogP contribution >= 0.6 is 0 Å². The maximum absolute atomic E-state index is 7.33. The summed E-state index contributed by atoms with van der Waals surface area (Å²) in [6.45, 7) is 3.77. The van der Waals surface area contributed by atoms with Gasteiger partial charge in [-0.25, -0.2) is 0 Å². The number of amidine groups is 1. The Labute approximate surface area is 96.7 Å². The van der Waals surface area contributed by atoms with Gasteiger partial charge in [0.25, 0.3) is 0 Å². The van der Waals surface area contributed by atoms with Crippen LogP contribution in [0.15, 0.2) is 12.4 Å². The maximum atomic E-state index is 7.33. The molecule has 5 nitrogen and oxygen atoms in total. The first-order valence-electron chi connectivity index (χ1n) is 5.49. The molecule has 16 heavy (non-hydrogen) atoms. The van der Waals surface area contributed by atoms with E-state index in [9.17, 15) is 0 Å². The molecule has 0 saturated heterocycles. The lowest BCUT2D eigenvalue weighted by atomic mass is 10.1. The summed E-state index contributed by atoms with van der Waals surface area (Å²) in [5, 5.41) is 11.5. The molecule has 1 atom stereocenters. The predicted molar refractivity (Wildman–Crippen MR) is 65.5 cm³/mol. The maximum Gasteiger partial charge on any atom is 0.0947 e. The van der Waals surface area contributed by atoms with Gasteiger partial charge in [-0.15, -0.1) is 0 Å². The van der Waals surface area contributed by atoms with E-state index in [0.717, 1.165) is 19.5 Å². The number of hydrogen-bond acceptors (Lipinski definition) is 3. The van der Waals surface area contributed by atoms with Gasteiger partial charge in [0.05, 0.1) is 12.0 Å². The largest absolute Gasteiger partial charge is 0.387 e. The highest BCUT2D eigenvalue weighted by molar-refractivity contribution is 5.79.